The summed E-state index contributed by atoms with van der Waals surface area (Å²) in [5.74, 6) is 0. The van der Waals surface area contributed by atoms with Gasteiger partial charge in [-0.3, -0.25) is 0 Å². The highest BCUT2D eigenvalue weighted by atomic mass is 14.9. The van der Waals surface area contributed by atoms with Crippen molar-refractivity contribution < 1.29 is 0 Å². The number of aromatic amines is 1. The zero-order valence-electron chi connectivity index (χ0n) is 10.2. The van der Waals surface area contributed by atoms with Crippen LogP contribution in [-0.4, -0.2) is 16.5 Å². The maximum Gasteiger partial charge on any atom is 0.0931 e. The van der Waals surface area contributed by atoms with E-state index in [0.717, 1.165) is 37.0 Å². The van der Waals surface area contributed by atoms with Gasteiger partial charge in [0.05, 0.1) is 28.8 Å². The molecule has 0 atom stereocenters. The summed E-state index contributed by atoms with van der Waals surface area (Å²) in [6.45, 7) is 1.60. The van der Waals surface area contributed by atoms with Crippen molar-refractivity contribution in [2.45, 2.75) is 25.8 Å². The average Bonchev–Trinajstić information content (AvgIpc) is 2.80. The van der Waals surface area contributed by atoms with Gasteiger partial charge in [0.25, 0.3) is 0 Å². The number of hydrogen-bond donors (Lipinski definition) is 2. The Kier molecular flexibility index (Phi) is 2.77. The van der Waals surface area contributed by atoms with Crippen molar-refractivity contribution in [3.63, 3.8) is 0 Å². The van der Waals surface area contributed by atoms with Crippen LogP contribution in [0, 0.1) is 16.7 Å². The first-order valence-corrected chi connectivity index (χ1v) is 6.35. The van der Waals surface area contributed by atoms with E-state index in [9.17, 15) is 0 Å². The first-order chi connectivity index (χ1) is 8.81. The lowest BCUT2D eigenvalue weighted by atomic mass is 9.70. The predicted octanol–water partition coefficient (Wildman–Crippen LogP) is 2.35. The van der Waals surface area contributed by atoms with Gasteiger partial charge in [0.15, 0.2) is 0 Å². The van der Waals surface area contributed by atoms with Gasteiger partial charge in [-0.2, -0.15) is 5.26 Å². The molecule has 3 rings (SSSR count). The first kappa shape index (κ1) is 11.2. The lowest BCUT2D eigenvalue weighted by Gasteiger charge is -2.35. The fourth-order valence-electron chi connectivity index (χ4n) is 2.47. The highest BCUT2D eigenvalue weighted by Crippen LogP contribution is 2.39. The molecule has 0 bridgehead atoms. The van der Waals surface area contributed by atoms with Gasteiger partial charge < -0.3 is 10.3 Å². The van der Waals surface area contributed by atoms with Crippen LogP contribution in [0.5, 0.6) is 0 Å². The average molecular weight is 240 g/mol. The van der Waals surface area contributed by atoms with Crippen LogP contribution >= 0.6 is 0 Å². The van der Waals surface area contributed by atoms with Gasteiger partial charge in [-0.15, -0.1) is 0 Å². The quantitative estimate of drug-likeness (QED) is 0.862. The van der Waals surface area contributed by atoms with E-state index >= 15 is 0 Å². The molecule has 18 heavy (non-hydrogen) atoms. The summed E-state index contributed by atoms with van der Waals surface area (Å²) in [5, 5.41) is 12.5. The Labute approximate surface area is 106 Å². The van der Waals surface area contributed by atoms with E-state index in [4.69, 9.17) is 5.26 Å². The van der Waals surface area contributed by atoms with Crippen LogP contribution in [-0.2, 0) is 6.54 Å². The number of nitriles is 1. The van der Waals surface area contributed by atoms with Crippen molar-refractivity contribution in [2.24, 2.45) is 5.41 Å². The Morgan fingerprint density at radius 1 is 1.44 bits per heavy atom. The summed E-state index contributed by atoms with van der Waals surface area (Å²) < 4.78 is 0. The van der Waals surface area contributed by atoms with E-state index in [-0.39, 0.29) is 5.41 Å². The van der Waals surface area contributed by atoms with Crippen LogP contribution < -0.4 is 5.32 Å². The molecule has 4 heteroatoms. The van der Waals surface area contributed by atoms with Gasteiger partial charge in [-0.25, -0.2) is 4.98 Å². The molecule has 2 aromatic rings. The molecule has 2 N–H and O–H groups in total. The summed E-state index contributed by atoms with van der Waals surface area (Å²) in [7, 11) is 0. The van der Waals surface area contributed by atoms with Crippen LogP contribution in [0.4, 0.5) is 0 Å². The molecule has 0 aliphatic heterocycles. The Morgan fingerprint density at radius 2 is 2.33 bits per heavy atom. The fraction of sp³-hybridized carbons (Fsp3) is 0.429. The number of rotatable bonds is 4. The zero-order chi connectivity index (χ0) is 12.4. The van der Waals surface area contributed by atoms with E-state index in [0.29, 0.717) is 0 Å². The van der Waals surface area contributed by atoms with Crippen molar-refractivity contribution in [3.05, 3.63) is 30.1 Å². The normalized spacial score (nSPS) is 17.3. The molecular formula is C14H16N4. The van der Waals surface area contributed by atoms with Gasteiger partial charge in [-0.05, 0) is 30.5 Å². The SMILES string of the molecule is N#CC1(CNCc2ccc3nc[nH]c3c2)CCC1. The van der Waals surface area contributed by atoms with Gasteiger partial charge in [0, 0.05) is 13.1 Å². The van der Waals surface area contributed by atoms with Gasteiger partial charge >= 0.3 is 0 Å². The van der Waals surface area contributed by atoms with Crippen molar-refractivity contribution in [1.82, 2.24) is 15.3 Å². The molecule has 0 unspecified atom stereocenters. The third-order valence-corrected chi connectivity index (χ3v) is 3.82. The molecule has 1 aromatic heterocycles. The number of aromatic nitrogens is 2. The summed E-state index contributed by atoms with van der Waals surface area (Å²) >= 11 is 0. The van der Waals surface area contributed by atoms with Crippen LogP contribution in [0.3, 0.4) is 0 Å². The molecule has 0 spiro atoms. The number of hydrogen-bond acceptors (Lipinski definition) is 3. The summed E-state index contributed by atoms with van der Waals surface area (Å²) in [6, 6.07) is 8.65. The second-order valence-corrected chi connectivity index (χ2v) is 5.10. The lowest BCUT2D eigenvalue weighted by molar-refractivity contribution is 0.206. The minimum absolute atomic E-state index is 0.0991. The molecule has 92 valence electrons. The molecule has 1 aliphatic rings. The molecule has 0 amide bonds. The standard InChI is InChI=1S/C14H16N4/c15-8-14(4-1-5-14)9-16-7-11-2-3-12-13(6-11)18-10-17-12/h2-3,6,10,16H,1,4-5,7,9H2,(H,17,18). The van der Waals surface area contributed by atoms with Gasteiger partial charge in [0.1, 0.15) is 0 Å². The summed E-state index contributed by atoms with van der Waals surface area (Å²) in [4.78, 5) is 7.30. The zero-order valence-corrected chi connectivity index (χ0v) is 10.2. The Balaban J connectivity index is 1.61. The molecule has 0 saturated heterocycles. The predicted molar refractivity (Wildman–Crippen MR) is 69.7 cm³/mol. The monoisotopic (exact) mass is 240 g/mol. The van der Waals surface area contributed by atoms with E-state index in [2.05, 4.69) is 33.5 Å². The van der Waals surface area contributed by atoms with E-state index in [1.54, 1.807) is 6.33 Å². The summed E-state index contributed by atoms with van der Waals surface area (Å²) in [6.07, 6.45) is 4.97. The number of nitrogens with one attached hydrogen (secondary N) is 2. The number of imidazole rings is 1. The maximum absolute atomic E-state index is 9.14. The lowest BCUT2D eigenvalue weighted by Crippen LogP contribution is -2.38. The Morgan fingerprint density at radius 3 is 3.06 bits per heavy atom. The first-order valence-electron chi connectivity index (χ1n) is 6.35. The van der Waals surface area contributed by atoms with Crippen molar-refractivity contribution in [3.8, 4) is 6.07 Å². The molecule has 1 heterocycles. The molecule has 4 nitrogen and oxygen atoms in total. The molecule has 1 fully saturated rings. The molecule has 1 saturated carbocycles. The minimum atomic E-state index is -0.0991. The minimum Gasteiger partial charge on any atom is -0.345 e. The second kappa shape index (κ2) is 4.43. The summed E-state index contributed by atoms with van der Waals surface area (Å²) in [5.41, 5.74) is 3.18. The molecular weight excluding hydrogens is 224 g/mol. The topological polar surface area (TPSA) is 64.5 Å². The largest absolute Gasteiger partial charge is 0.345 e. The third kappa shape index (κ3) is 1.98. The van der Waals surface area contributed by atoms with E-state index in [1.165, 1.54) is 12.0 Å². The van der Waals surface area contributed by atoms with Gasteiger partial charge in [0.2, 0.25) is 0 Å². The number of benzene rings is 1. The van der Waals surface area contributed by atoms with Crippen LogP contribution in [0.15, 0.2) is 24.5 Å². The fourth-order valence-corrected chi connectivity index (χ4v) is 2.47. The number of nitrogens with zero attached hydrogens (tertiary/aromatic N) is 2. The van der Waals surface area contributed by atoms with Gasteiger partial charge in [-0.1, -0.05) is 12.5 Å². The second-order valence-electron chi connectivity index (χ2n) is 5.10. The van der Waals surface area contributed by atoms with Crippen molar-refractivity contribution in [1.29, 1.82) is 5.26 Å². The Bertz CT molecular complexity index is 589. The number of fused-ring (bicyclic) bond motifs is 1. The molecule has 0 radical (unpaired) electrons. The van der Waals surface area contributed by atoms with Crippen molar-refractivity contribution in [2.75, 3.05) is 6.54 Å². The molecule has 1 aliphatic carbocycles. The Hall–Kier alpha value is -1.86. The van der Waals surface area contributed by atoms with Crippen LogP contribution in [0.1, 0.15) is 24.8 Å². The number of H-pyrrole nitrogens is 1. The third-order valence-electron chi connectivity index (χ3n) is 3.82. The van der Waals surface area contributed by atoms with Crippen LogP contribution in [0.2, 0.25) is 0 Å². The van der Waals surface area contributed by atoms with E-state index in [1.807, 2.05) is 6.07 Å². The van der Waals surface area contributed by atoms with E-state index < -0.39 is 0 Å². The van der Waals surface area contributed by atoms with Crippen LogP contribution in [0.25, 0.3) is 11.0 Å². The maximum atomic E-state index is 9.14. The van der Waals surface area contributed by atoms with Crippen molar-refractivity contribution >= 4 is 11.0 Å². The highest BCUT2D eigenvalue weighted by Gasteiger charge is 2.36. The highest BCUT2D eigenvalue weighted by molar-refractivity contribution is 5.74. The smallest absolute Gasteiger partial charge is 0.0931 e. The molecule has 1 aromatic carbocycles.